The van der Waals surface area contributed by atoms with E-state index < -0.39 is 0 Å². The molecule has 0 amide bonds. The van der Waals surface area contributed by atoms with Crippen LogP contribution in [0, 0.1) is 0 Å². The molecule has 0 radical (unpaired) electrons. The number of anilines is 1. The van der Waals surface area contributed by atoms with Gasteiger partial charge < -0.3 is 10.6 Å². The molecular weight excluding hydrogens is 176 g/mol. The van der Waals surface area contributed by atoms with Crippen molar-refractivity contribution >= 4 is 5.82 Å². The molecule has 0 aliphatic carbocycles. The molecule has 1 atom stereocenters. The highest BCUT2D eigenvalue weighted by Gasteiger charge is 2.16. The van der Waals surface area contributed by atoms with Crippen LogP contribution in [0.5, 0.6) is 0 Å². The lowest BCUT2D eigenvalue weighted by molar-refractivity contribution is 0.454. The average Bonchev–Trinajstić information content (AvgIpc) is 2.30. The van der Waals surface area contributed by atoms with E-state index in [0.29, 0.717) is 5.92 Å². The maximum Gasteiger partial charge on any atom is 0.144 e. The fraction of sp³-hybridized carbons (Fsp3) is 0.600. The van der Waals surface area contributed by atoms with Crippen LogP contribution in [0.4, 0.5) is 5.82 Å². The lowest BCUT2D eigenvalue weighted by Crippen LogP contribution is -2.29. The molecule has 0 aromatic carbocycles. The maximum atomic E-state index is 4.50. The normalized spacial score (nSPS) is 21.9. The third-order valence-corrected chi connectivity index (χ3v) is 2.62. The van der Waals surface area contributed by atoms with Crippen molar-refractivity contribution in [3.63, 3.8) is 0 Å². The first-order valence-electron chi connectivity index (χ1n) is 5.10. The number of piperidine rings is 1. The minimum Gasteiger partial charge on any atom is -0.372 e. The van der Waals surface area contributed by atoms with E-state index in [1.165, 1.54) is 12.8 Å². The summed E-state index contributed by atoms with van der Waals surface area (Å²) in [6, 6.07) is 0. The molecule has 14 heavy (non-hydrogen) atoms. The third-order valence-electron chi connectivity index (χ3n) is 2.62. The van der Waals surface area contributed by atoms with Gasteiger partial charge in [-0.2, -0.15) is 0 Å². The Morgan fingerprint density at radius 3 is 3.14 bits per heavy atom. The summed E-state index contributed by atoms with van der Waals surface area (Å²) >= 11 is 0. The van der Waals surface area contributed by atoms with Gasteiger partial charge in [0.1, 0.15) is 5.82 Å². The van der Waals surface area contributed by atoms with Crippen molar-refractivity contribution < 1.29 is 0 Å². The average molecular weight is 192 g/mol. The van der Waals surface area contributed by atoms with Crippen molar-refractivity contribution in [2.75, 3.05) is 25.5 Å². The molecule has 4 heteroatoms. The molecule has 2 N–H and O–H groups in total. The number of hydrogen-bond acceptors (Lipinski definition) is 4. The first-order chi connectivity index (χ1) is 6.90. The summed E-state index contributed by atoms with van der Waals surface area (Å²) in [4.78, 5) is 8.68. The van der Waals surface area contributed by atoms with E-state index in [0.717, 1.165) is 24.6 Å². The lowest BCUT2D eigenvalue weighted by Gasteiger charge is -2.22. The van der Waals surface area contributed by atoms with E-state index in [-0.39, 0.29) is 0 Å². The molecule has 2 rings (SSSR count). The highest BCUT2D eigenvalue weighted by Crippen LogP contribution is 2.21. The zero-order chi connectivity index (χ0) is 9.80. The topological polar surface area (TPSA) is 49.8 Å². The summed E-state index contributed by atoms with van der Waals surface area (Å²) in [5, 5.41) is 6.40. The lowest BCUT2D eigenvalue weighted by atomic mass is 9.97. The van der Waals surface area contributed by atoms with Crippen molar-refractivity contribution in [1.82, 2.24) is 15.3 Å². The van der Waals surface area contributed by atoms with Crippen LogP contribution >= 0.6 is 0 Å². The summed E-state index contributed by atoms with van der Waals surface area (Å²) in [6.07, 6.45) is 6.07. The van der Waals surface area contributed by atoms with Crippen LogP contribution in [0.15, 0.2) is 12.4 Å². The van der Waals surface area contributed by atoms with Gasteiger partial charge in [-0.15, -0.1) is 0 Å². The fourth-order valence-corrected chi connectivity index (χ4v) is 1.80. The first-order valence-corrected chi connectivity index (χ1v) is 5.10. The van der Waals surface area contributed by atoms with Crippen LogP contribution in [-0.2, 0) is 0 Å². The van der Waals surface area contributed by atoms with Gasteiger partial charge >= 0.3 is 0 Å². The van der Waals surface area contributed by atoms with Gasteiger partial charge in [-0.3, -0.25) is 4.98 Å². The number of aromatic nitrogens is 2. The van der Waals surface area contributed by atoms with Crippen molar-refractivity contribution in [2.45, 2.75) is 18.8 Å². The number of nitrogens with zero attached hydrogens (tertiary/aromatic N) is 2. The van der Waals surface area contributed by atoms with Crippen molar-refractivity contribution in [3.8, 4) is 0 Å². The molecule has 0 saturated carbocycles. The second-order valence-electron chi connectivity index (χ2n) is 3.62. The molecule has 1 aromatic rings. The van der Waals surface area contributed by atoms with Crippen LogP contribution in [0.1, 0.15) is 24.5 Å². The van der Waals surface area contributed by atoms with E-state index in [9.17, 15) is 0 Å². The van der Waals surface area contributed by atoms with Gasteiger partial charge in [-0.05, 0) is 19.4 Å². The highest BCUT2D eigenvalue weighted by molar-refractivity contribution is 5.31. The molecule has 1 aliphatic rings. The van der Waals surface area contributed by atoms with Gasteiger partial charge in [0, 0.05) is 25.7 Å². The van der Waals surface area contributed by atoms with Crippen LogP contribution in [0.25, 0.3) is 0 Å². The summed E-state index contributed by atoms with van der Waals surface area (Å²) in [6.45, 7) is 2.16. The molecule has 0 spiro atoms. The van der Waals surface area contributed by atoms with Crippen molar-refractivity contribution in [1.29, 1.82) is 0 Å². The van der Waals surface area contributed by atoms with Gasteiger partial charge in [0.15, 0.2) is 0 Å². The zero-order valence-corrected chi connectivity index (χ0v) is 8.45. The monoisotopic (exact) mass is 192 g/mol. The Labute approximate surface area is 84.2 Å². The predicted molar refractivity (Wildman–Crippen MR) is 56.4 cm³/mol. The van der Waals surface area contributed by atoms with E-state index >= 15 is 0 Å². The van der Waals surface area contributed by atoms with Crippen LogP contribution < -0.4 is 10.6 Å². The molecule has 2 heterocycles. The van der Waals surface area contributed by atoms with E-state index in [1.54, 1.807) is 6.20 Å². The number of nitrogens with one attached hydrogen (secondary N) is 2. The molecule has 0 bridgehead atoms. The Kier molecular flexibility index (Phi) is 2.93. The van der Waals surface area contributed by atoms with Gasteiger partial charge in [0.25, 0.3) is 0 Å². The molecule has 1 fully saturated rings. The fourth-order valence-electron chi connectivity index (χ4n) is 1.80. The standard InChI is InChI=1S/C10H16N4/c1-11-10-7-13-6-9(14-10)8-3-2-4-12-5-8/h6-8,12H,2-5H2,1H3,(H,11,14)/t8-/m0/s1. The predicted octanol–water partition coefficient (Wildman–Crippen LogP) is 0.985. The molecule has 1 aliphatic heterocycles. The number of rotatable bonds is 2. The molecule has 0 unspecified atom stereocenters. The Morgan fingerprint density at radius 1 is 1.50 bits per heavy atom. The quantitative estimate of drug-likeness (QED) is 0.733. The van der Waals surface area contributed by atoms with Gasteiger partial charge in [0.2, 0.25) is 0 Å². The van der Waals surface area contributed by atoms with Crippen LogP contribution in [0.3, 0.4) is 0 Å². The molecule has 76 valence electrons. The Morgan fingerprint density at radius 2 is 2.43 bits per heavy atom. The van der Waals surface area contributed by atoms with E-state index in [1.807, 2.05) is 13.2 Å². The van der Waals surface area contributed by atoms with E-state index in [4.69, 9.17) is 0 Å². The minimum absolute atomic E-state index is 0.532. The second-order valence-corrected chi connectivity index (χ2v) is 3.62. The third kappa shape index (κ3) is 2.01. The molecule has 1 saturated heterocycles. The zero-order valence-electron chi connectivity index (χ0n) is 8.45. The molecule has 4 nitrogen and oxygen atoms in total. The SMILES string of the molecule is CNc1cncc([C@H]2CCCNC2)n1. The van der Waals surface area contributed by atoms with Crippen LogP contribution in [-0.4, -0.2) is 30.1 Å². The smallest absolute Gasteiger partial charge is 0.144 e. The second kappa shape index (κ2) is 4.37. The Bertz CT molecular complexity index is 294. The summed E-state index contributed by atoms with van der Waals surface area (Å²) in [5.74, 6) is 1.39. The molecule has 1 aromatic heterocycles. The van der Waals surface area contributed by atoms with Gasteiger partial charge in [0.05, 0.1) is 11.9 Å². The number of hydrogen-bond donors (Lipinski definition) is 2. The minimum atomic E-state index is 0.532. The van der Waals surface area contributed by atoms with Crippen molar-refractivity contribution in [3.05, 3.63) is 18.1 Å². The van der Waals surface area contributed by atoms with Gasteiger partial charge in [-0.25, -0.2) is 4.98 Å². The highest BCUT2D eigenvalue weighted by atomic mass is 15.0. The van der Waals surface area contributed by atoms with E-state index in [2.05, 4.69) is 20.6 Å². The summed E-state index contributed by atoms with van der Waals surface area (Å²) in [5.41, 5.74) is 1.10. The summed E-state index contributed by atoms with van der Waals surface area (Å²) < 4.78 is 0. The van der Waals surface area contributed by atoms with Gasteiger partial charge in [-0.1, -0.05) is 0 Å². The largest absolute Gasteiger partial charge is 0.372 e. The Hall–Kier alpha value is -1.16. The molecular formula is C10H16N4. The summed E-state index contributed by atoms with van der Waals surface area (Å²) in [7, 11) is 1.87. The van der Waals surface area contributed by atoms with Crippen LogP contribution in [0.2, 0.25) is 0 Å². The Balaban J connectivity index is 2.13. The van der Waals surface area contributed by atoms with Crippen molar-refractivity contribution in [2.24, 2.45) is 0 Å². The first kappa shape index (κ1) is 9.40. The maximum absolute atomic E-state index is 4.50.